The van der Waals surface area contributed by atoms with Crippen molar-refractivity contribution in [3.8, 4) is 11.3 Å². The second-order valence-electron chi connectivity index (χ2n) is 6.07. The molecule has 1 aliphatic rings. The minimum absolute atomic E-state index is 0.255. The van der Waals surface area contributed by atoms with E-state index in [1.807, 2.05) is 0 Å². The van der Waals surface area contributed by atoms with E-state index in [1.54, 1.807) is 12.1 Å². The molecule has 6 heteroatoms. The van der Waals surface area contributed by atoms with Crippen LogP contribution in [-0.4, -0.2) is 24.3 Å². The fourth-order valence-corrected chi connectivity index (χ4v) is 3.09. The Morgan fingerprint density at radius 2 is 1.88 bits per heavy atom. The first-order chi connectivity index (χ1) is 11.7. The highest BCUT2D eigenvalue weighted by molar-refractivity contribution is 6.00. The van der Waals surface area contributed by atoms with Gasteiger partial charge in [-0.1, -0.05) is 30.8 Å². The van der Waals surface area contributed by atoms with Gasteiger partial charge in [-0.15, -0.1) is 0 Å². The van der Waals surface area contributed by atoms with Crippen LogP contribution in [0, 0.1) is 5.82 Å². The Kier molecular flexibility index (Phi) is 5.13. The molecule has 0 amide bonds. The van der Waals surface area contributed by atoms with Crippen molar-refractivity contribution in [2.75, 3.05) is 12.4 Å². The predicted octanol–water partition coefficient (Wildman–Crippen LogP) is 4.40. The quantitative estimate of drug-likeness (QED) is 0.664. The highest BCUT2D eigenvalue weighted by Crippen LogP contribution is 2.31. The molecule has 0 aliphatic heterocycles. The van der Waals surface area contributed by atoms with Crippen molar-refractivity contribution in [3.63, 3.8) is 0 Å². The molecule has 1 aliphatic carbocycles. The van der Waals surface area contributed by atoms with E-state index >= 15 is 0 Å². The van der Waals surface area contributed by atoms with E-state index in [2.05, 4.69) is 10.5 Å². The highest BCUT2D eigenvalue weighted by Gasteiger charge is 2.26. The number of ether oxygens (including phenoxy) is 1. The van der Waals surface area contributed by atoms with Crippen LogP contribution in [0.15, 0.2) is 28.8 Å². The van der Waals surface area contributed by atoms with Gasteiger partial charge < -0.3 is 14.6 Å². The zero-order valence-corrected chi connectivity index (χ0v) is 13.7. The Morgan fingerprint density at radius 3 is 2.50 bits per heavy atom. The molecule has 0 unspecified atom stereocenters. The Hall–Kier alpha value is -2.37. The minimum Gasteiger partial charge on any atom is -0.465 e. The molecule has 0 radical (unpaired) electrons. The first-order valence-corrected chi connectivity index (χ1v) is 8.29. The van der Waals surface area contributed by atoms with E-state index in [0.29, 0.717) is 17.1 Å². The Bertz CT molecular complexity index is 689. The van der Waals surface area contributed by atoms with Gasteiger partial charge in [0.25, 0.3) is 0 Å². The molecule has 24 heavy (non-hydrogen) atoms. The number of esters is 1. The van der Waals surface area contributed by atoms with Gasteiger partial charge >= 0.3 is 5.97 Å². The average molecular weight is 332 g/mol. The molecule has 2 aromatic rings. The van der Waals surface area contributed by atoms with Gasteiger partial charge in [0.05, 0.1) is 7.11 Å². The Morgan fingerprint density at radius 1 is 1.21 bits per heavy atom. The van der Waals surface area contributed by atoms with Crippen molar-refractivity contribution in [3.05, 3.63) is 35.6 Å². The van der Waals surface area contributed by atoms with Gasteiger partial charge in [0.2, 0.25) is 5.88 Å². The van der Waals surface area contributed by atoms with Gasteiger partial charge in [-0.05, 0) is 37.1 Å². The molecule has 1 heterocycles. The molecule has 0 spiro atoms. The number of hydrogen-bond donors (Lipinski definition) is 1. The van der Waals surface area contributed by atoms with E-state index in [4.69, 9.17) is 9.26 Å². The lowest BCUT2D eigenvalue weighted by Crippen LogP contribution is -2.19. The van der Waals surface area contributed by atoms with Crippen LogP contribution in [0.4, 0.5) is 10.3 Å². The standard InChI is InChI=1S/C18H21FN2O3/c1-23-18(22)15-16(12-8-10-13(19)11-9-12)21-24-17(15)20-14-6-4-2-3-5-7-14/h8-11,14,20H,2-7H2,1H3. The predicted molar refractivity (Wildman–Crippen MR) is 88.3 cm³/mol. The van der Waals surface area contributed by atoms with Crippen molar-refractivity contribution >= 4 is 11.9 Å². The normalized spacial score (nSPS) is 15.8. The van der Waals surface area contributed by atoms with Gasteiger partial charge in [-0.25, -0.2) is 9.18 Å². The summed E-state index contributed by atoms with van der Waals surface area (Å²) in [5.41, 5.74) is 1.22. The van der Waals surface area contributed by atoms with Gasteiger partial charge in [0.1, 0.15) is 11.5 Å². The fourth-order valence-electron chi connectivity index (χ4n) is 3.09. The van der Waals surface area contributed by atoms with E-state index < -0.39 is 5.97 Å². The van der Waals surface area contributed by atoms with Crippen molar-refractivity contribution in [2.45, 2.75) is 44.6 Å². The summed E-state index contributed by atoms with van der Waals surface area (Å²) in [5, 5.41) is 7.32. The summed E-state index contributed by atoms with van der Waals surface area (Å²) >= 11 is 0. The summed E-state index contributed by atoms with van der Waals surface area (Å²) < 4.78 is 23.4. The lowest BCUT2D eigenvalue weighted by Gasteiger charge is -2.15. The first-order valence-electron chi connectivity index (χ1n) is 8.29. The minimum atomic E-state index is -0.522. The van der Waals surface area contributed by atoms with E-state index in [9.17, 15) is 9.18 Å². The van der Waals surface area contributed by atoms with Crippen LogP contribution < -0.4 is 5.32 Å². The molecule has 0 saturated heterocycles. The third-order valence-electron chi connectivity index (χ3n) is 4.39. The molecule has 1 aromatic heterocycles. The highest BCUT2D eigenvalue weighted by atomic mass is 19.1. The van der Waals surface area contributed by atoms with Crippen LogP contribution >= 0.6 is 0 Å². The largest absolute Gasteiger partial charge is 0.465 e. The van der Waals surface area contributed by atoms with Crippen molar-refractivity contribution < 1.29 is 18.4 Å². The maximum atomic E-state index is 13.1. The van der Waals surface area contributed by atoms with E-state index in [0.717, 1.165) is 25.7 Å². The molecule has 0 bridgehead atoms. The summed E-state index contributed by atoms with van der Waals surface area (Å²) in [6.45, 7) is 0. The number of benzene rings is 1. The van der Waals surface area contributed by atoms with Gasteiger partial charge in [-0.3, -0.25) is 0 Å². The second-order valence-corrected chi connectivity index (χ2v) is 6.07. The molecule has 1 N–H and O–H groups in total. The molecule has 128 valence electrons. The van der Waals surface area contributed by atoms with Crippen LogP contribution in [-0.2, 0) is 4.74 Å². The van der Waals surface area contributed by atoms with Gasteiger partial charge in [0.15, 0.2) is 5.56 Å². The van der Waals surface area contributed by atoms with Crippen LogP contribution in [0.3, 0.4) is 0 Å². The Balaban J connectivity index is 1.91. The zero-order chi connectivity index (χ0) is 16.9. The summed E-state index contributed by atoms with van der Waals surface area (Å²) in [7, 11) is 1.32. The molecule has 1 saturated carbocycles. The number of anilines is 1. The topological polar surface area (TPSA) is 64.4 Å². The van der Waals surface area contributed by atoms with E-state index in [-0.39, 0.29) is 17.4 Å². The number of carbonyl (C=O) groups is 1. The van der Waals surface area contributed by atoms with Crippen molar-refractivity contribution in [2.24, 2.45) is 0 Å². The van der Waals surface area contributed by atoms with Crippen LogP contribution in [0.1, 0.15) is 48.9 Å². The number of rotatable bonds is 4. The van der Waals surface area contributed by atoms with Crippen LogP contribution in [0.25, 0.3) is 11.3 Å². The number of aromatic nitrogens is 1. The molecule has 1 fully saturated rings. The fraction of sp³-hybridized carbons (Fsp3) is 0.444. The SMILES string of the molecule is COC(=O)c1c(-c2ccc(F)cc2)noc1NC1CCCCCC1. The van der Waals surface area contributed by atoms with Crippen molar-refractivity contribution in [1.29, 1.82) is 0 Å². The second kappa shape index (κ2) is 7.47. The number of hydrogen-bond acceptors (Lipinski definition) is 5. The Labute approximate surface area is 140 Å². The molecule has 0 atom stereocenters. The molecule has 5 nitrogen and oxygen atoms in total. The summed E-state index contributed by atoms with van der Waals surface area (Å²) in [6.07, 6.45) is 6.85. The number of methoxy groups -OCH3 is 1. The number of nitrogens with zero attached hydrogens (tertiary/aromatic N) is 1. The number of carbonyl (C=O) groups excluding carboxylic acids is 1. The average Bonchev–Trinajstić information content (AvgIpc) is 2.83. The maximum Gasteiger partial charge on any atom is 0.345 e. The third-order valence-corrected chi connectivity index (χ3v) is 4.39. The number of halogens is 1. The van der Waals surface area contributed by atoms with Crippen molar-refractivity contribution in [1.82, 2.24) is 5.16 Å². The maximum absolute atomic E-state index is 13.1. The molecule has 1 aromatic carbocycles. The first kappa shape index (κ1) is 16.5. The number of nitrogens with one attached hydrogen (secondary N) is 1. The summed E-state index contributed by atoms with van der Waals surface area (Å²) in [6, 6.07) is 6.03. The lowest BCUT2D eigenvalue weighted by molar-refractivity contribution is 0.0602. The monoisotopic (exact) mass is 332 g/mol. The van der Waals surface area contributed by atoms with Crippen LogP contribution in [0.2, 0.25) is 0 Å². The smallest absolute Gasteiger partial charge is 0.345 e. The zero-order valence-electron chi connectivity index (χ0n) is 13.7. The van der Waals surface area contributed by atoms with E-state index in [1.165, 1.54) is 32.1 Å². The molecular formula is C18H21FN2O3. The third kappa shape index (κ3) is 3.58. The van der Waals surface area contributed by atoms with Gasteiger partial charge in [-0.2, -0.15) is 0 Å². The van der Waals surface area contributed by atoms with Gasteiger partial charge in [0, 0.05) is 11.6 Å². The summed E-state index contributed by atoms with van der Waals surface area (Å²) in [4.78, 5) is 12.2. The molecule has 3 rings (SSSR count). The molecular weight excluding hydrogens is 311 g/mol. The summed E-state index contributed by atoms with van der Waals surface area (Å²) in [5.74, 6) is -0.543. The lowest BCUT2D eigenvalue weighted by atomic mass is 10.1. The van der Waals surface area contributed by atoms with Crippen LogP contribution in [0.5, 0.6) is 0 Å².